The number of nitrogens with two attached hydrogens (primary N) is 1. The van der Waals surface area contributed by atoms with Crippen molar-refractivity contribution < 1.29 is 15.3 Å². The molecule has 2 fully saturated rings. The summed E-state index contributed by atoms with van der Waals surface area (Å²) in [5.74, 6) is 1.45. The van der Waals surface area contributed by atoms with Gasteiger partial charge < -0.3 is 10.1 Å². The van der Waals surface area contributed by atoms with Gasteiger partial charge in [-0.2, -0.15) is 0 Å². The highest BCUT2D eigenvalue weighted by atomic mass is 32.2. The highest BCUT2D eigenvalue weighted by molar-refractivity contribution is 7.99. The lowest BCUT2D eigenvalue weighted by Crippen LogP contribution is -3.17. The Kier molecular flexibility index (Phi) is 4.46. The van der Waals surface area contributed by atoms with E-state index in [1.807, 2.05) is 0 Å². The number of nitrogens with one attached hydrogen (secondary N) is 2. The second-order valence-electron chi connectivity index (χ2n) is 4.89. The molecule has 5 atom stereocenters. The molecule has 1 aliphatic carbocycles. The molecule has 5 unspecified atom stereocenters. The maximum absolute atomic E-state index is 11.2. The van der Waals surface area contributed by atoms with Gasteiger partial charge in [0.15, 0.2) is 5.50 Å². The molecular weight excluding hydrogens is 226 g/mol. The van der Waals surface area contributed by atoms with E-state index in [-0.39, 0.29) is 11.5 Å². The first-order valence-electron chi connectivity index (χ1n) is 6.13. The molecule has 0 aromatic carbocycles. The van der Waals surface area contributed by atoms with Crippen LogP contribution in [0.25, 0.3) is 0 Å². The zero-order chi connectivity index (χ0) is 11.5. The first-order valence-corrected chi connectivity index (χ1v) is 7.18. The summed E-state index contributed by atoms with van der Waals surface area (Å²) in [5, 5.41) is 19.8. The zero-order valence-electron chi connectivity index (χ0n) is 9.52. The Morgan fingerprint density at radius 1 is 1.44 bits per heavy atom. The first kappa shape index (κ1) is 12.6. The number of thioether (sulfide) groups is 1. The number of hydroxylamine groups is 2. The van der Waals surface area contributed by atoms with E-state index in [0.29, 0.717) is 5.92 Å². The molecule has 0 spiro atoms. The van der Waals surface area contributed by atoms with Crippen molar-refractivity contribution in [1.29, 1.82) is 0 Å². The van der Waals surface area contributed by atoms with Gasteiger partial charge in [-0.15, -0.1) is 0 Å². The van der Waals surface area contributed by atoms with E-state index in [9.17, 15) is 10.4 Å². The first-order chi connectivity index (χ1) is 7.68. The quantitative estimate of drug-likeness (QED) is 0.444. The number of quaternary nitrogens is 2. The Hall–Kier alpha value is 0.150. The average molecular weight is 248 g/mol. The van der Waals surface area contributed by atoms with Gasteiger partial charge in [0.25, 0.3) is 0 Å². The van der Waals surface area contributed by atoms with Crippen LogP contribution < -0.4 is 15.9 Å². The van der Waals surface area contributed by atoms with Crippen LogP contribution in [-0.4, -0.2) is 35.6 Å². The van der Waals surface area contributed by atoms with E-state index in [2.05, 4.69) is 0 Å². The van der Waals surface area contributed by atoms with Gasteiger partial charge in [-0.25, -0.2) is 10.4 Å². The lowest BCUT2D eigenvalue weighted by molar-refractivity contribution is -1.07. The van der Waals surface area contributed by atoms with Gasteiger partial charge in [-0.3, -0.25) is 5.73 Å². The van der Waals surface area contributed by atoms with Crippen LogP contribution in [0.4, 0.5) is 0 Å². The molecule has 0 amide bonds. The number of hydrogen-bond acceptors (Lipinski definition) is 4. The minimum absolute atomic E-state index is 0.126. The molecule has 16 heavy (non-hydrogen) atoms. The van der Waals surface area contributed by atoms with Crippen LogP contribution in [0.1, 0.15) is 25.7 Å². The summed E-state index contributed by atoms with van der Waals surface area (Å²) in [5.41, 5.74) is 6.16. The molecule has 2 aliphatic rings. The van der Waals surface area contributed by atoms with Gasteiger partial charge in [0.1, 0.15) is 6.04 Å². The van der Waals surface area contributed by atoms with Crippen molar-refractivity contribution in [1.82, 2.24) is 0 Å². The van der Waals surface area contributed by atoms with Gasteiger partial charge in [0.2, 0.25) is 0 Å². The molecular formula is C10H22N3O2S+. The van der Waals surface area contributed by atoms with Crippen LogP contribution >= 0.6 is 11.8 Å². The summed E-state index contributed by atoms with van der Waals surface area (Å²) in [6.07, 6.45) is 4.18. The third-order valence-electron chi connectivity index (χ3n) is 3.87. The summed E-state index contributed by atoms with van der Waals surface area (Å²) >= 11 is 1.80. The molecule has 0 radical (unpaired) electrons. The van der Waals surface area contributed by atoms with Gasteiger partial charge in [-0.1, -0.05) is 18.2 Å². The van der Waals surface area contributed by atoms with E-state index in [1.54, 1.807) is 11.8 Å². The molecule has 1 heterocycles. The molecule has 1 aliphatic heterocycles. The van der Waals surface area contributed by atoms with E-state index >= 15 is 0 Å². The molecule has 5 nitrogen and oxygen atoms in total. The summed E-state index contributed by atoms with van der Waals surface area (Å²) in [4.78, 5) is 1.39. The fourth-order valence-corrected chi connectivity index (χ4v) is 3.99. The molecule has 0 aromatic heterocycles. The predicted octanol–water partition coefficient (Wildman–Crippen LogP) is -1.81. The fraction of sp³-hybridized carbons (Fsp3) is 1.00. The fourth-order valence-electron chi connectivity index (χ4n) is 2.91. The van der Waals surface area contributed by atoms with Gasteiger partial charge in [-0.05, 0) is 12.8 Å². The molecule has 2 rings (SSSR count). The van der Waals surface area contributed by atoms with Crippen molar-refractivity contribution in [2.75, 3.05) is 18.8 Å². The molecule has 94 valence electrons. The van der Waals surface area contributed by atoms with Crippen molar-refractivity contribution >= 4 is 11.8 Å². The van der Waals surface area contributed by atoms with Gasteiger partial charge in [0, 0.05) is 12.2 Å². The Balaban J connectivity index is 1.90. The minimum atomic E-state index is -0.607. The van der Waals surface area contributed by atoms with Crippen molar-refractivity contribution in [3.05, 3.63) is 5.21 Å². The number of hydrogen-bond donors (Lipinski definition) is 4. The SMILES string of the molecule is NC1SCC[NH+]1CC1CCCCC1[NH+]([O-])O. The molecule has 1 saturated heterocycles. The molecule has 5 N–H and O–H groups in total. The largest absolute Gasteiger partial charge is 0.600 e. The summed E-state index contributed by atoms with van der Waals surface area (Å²) in [7, 11) is 0. The van der Waals surface area contributed by atoms with Gasteiger partial charge >= 0.3 is 0 Å². The predicted molar refractivity (Wildman–Crippen MR) is 63.0 cm³/mol. The second kappa shape index (κ2) is 5.66. The zero-order valence-corrected chi connectivity index (χ0v) is 10.3. The standard InChI is InChI=1S/C10H21N3O2S/c11-10-12(5-6-16-10)7-8-3-1-2-4-9(8)13(14)15/h8-10,13-14H,1-7,11H2/p+1. The Morgan fingerprint density at radius 2 is 2.19 bits per heavy atom. The maximum Gasteiger partial charge on any atom is 0.187 e. The van der Waals surface area contributed by atoms with E-state index < -0.39 is 5.23 Å². The summed E-state index contributed by atoms with van der Waals surface area (Å²) in [6, 6.07) is -0.126. The second-order valence-corrected chi connectivity index (χ2v) is 6.14. The summed E-state index contributed by atoms with van der Waals surface area (Å²) < 4.78 is 0. The van der Waals surface area contributed by atoms with Crippen molar-refractivity contribution in [3.63, 3.8) is 0 Å². The van der Waals surface area contributed by atoms with Crippen LogP contribution in [0.15, 0.2) is 0 Å². The lowest BCUT2D eigenvalue weighted by Gasteiger charge is -2.35. The van der Waals surface area contributed by atoms with Crippen LogP contribution in [0, 0.1) is 11.1 Å². The average Bonchev–Trinajstić information content (AvgIpc) is 2.65. The molecule has 0 bridgehead atoms. The van der Waals surface area contributed by atoms with Crippen molar-refractivity contribution in [2.24, 2.45) is 11.7 Å². The molecule has 0 aromatic rings. The normalized spacial score (nSPS) is 42.2. The third-order valence-corrected chi connectivity index (χ3v) is 5.01. The van der Waals surface area contributed by atoms with Gasteiger partial charge in [0.05, 0.1) is 19.0 Å². The van der Waals surface area contributed by atoms with Crippen LogP contribution in [0.5, 0.6) is 0 Å². The van der Waals surface area contributed by atoms with E-state index in [0.717, 1.165) is 38.1 Å². The van der Waals surface area contributed by atoms with Crippen LogP contribution in [0.2, 0.25) is 0 Å². The highest BCUT2D eigenvalue weighted by Crippen LogP contribution is 2.22. The van der Waals surface area contributed by atoms with E-state index in [1.165, 1.54) is 11.3 Å². The third kappa shape index (κ3) is 2.88. The Morgan fingerprint density at radius 3 is 2.81 bits per heavy atom. The van der Waals surface area contributed by atoms with Crippen molar-refractivity contribution in [3.8, 4) is 0 Å². The van der Waals surface area contributed by atoms with Crippen molar-refractivity contribution in [2.45, 2.75) is 37.2 Å². The monoisotopic (exact) mass is 248 g/mol. The highest BCUT2D eigenvalue weighted by Gasteiger charge is 2.36. The molecule has 1 saturated carbocycles. The van der Waals surface area contributed by atoms with Crippen LogP contribution in [-0.2, 0) is 0 Å². The van der Waals surface area contributed by atoms with E-state index in [4.69, 9.17) is 5.73 Å². The number of rotatable bonds is 3. The Bertz CT molecular complexity index is 230. The smallest absolute Gasteiger partial charge is 0.187 e. The topological polar surface area (TPSA) is 78.2 Å². The Labute approximate surface area is 100 Å². The lowest BCUT2D eigenvalue weighted by atomic mass is 9.84. The molecule has 6 heteroatoms. The minimum Gasteiger partial charge on any atom is -0.600 e. The summed E-state index contributed by atoms with van der Waals surface area (Å²) in [6.45, 7) is 2.04. The maximum atomic E-state index is 11.2. The van der Waals surface area contributed by atoms with Crippen LogP contribution in [0.3, 0.4) is 0 Å².